The lowest BCUT2D eigenvalue weighted by molar-refractivity contribution is 0.00333. The minimum Gasteiger partial charge on any atom is -0.497 e. The predicted octanol–water partition coefficient (Wildman–Crippen LogP) is 5.37. The highest BCUT2D eigenvalue weighted by Crippen LogP contribution is 2.25. The van der Waals surface area contributed by atoms with Gasteiger partial charge >= 0.3 is 0 Å². The van der Waals surface area contributed by atoms with E-state index in [1.54, 1.807) is 7.11 Å². The van der Waals surface area contributed by atoms with Crippen molar-refractivity contribution in [3.63, 3.8) is 0 Å². The first-order valence-electron chi connectivity index (χ1n) is 11.6. The van der Waals surface area contributed by atoms with Crippen molar-refractivity contribution in [3.05, 3.63) is 100 Å². The molecule has 5 nitrogen and oxygen atoms in total. The van der Waals surface area contributed by atoms with Gasteiger partial charge in [-0.05, 0) is 54.4 Å². The summed E-state index contributed by atoms with van der Waals surface area (Å²) in [5.41, 5.74) is 3.96. The molecular formula is C28H31ClN2O3. The van der Waals surface area contributed by atoms with Gasteiger partial charge in [-0.25, -0.2) is 0 Å². The van der Waals surface area contributed by atoms with Crippen LogP contribution in [0.15, 0.2) is 72.8 Å². The van der Waals surface area contributed by atoms with Crippen molar-refractivity contribution >= 4 is 17.5 Å². The van der Waals surface area contributed by atoms with E-state index < -0.39 is 0 Å². The van der Waals surface area contributed by atoms with Gasteiger partial charge in [0, 0.05) is 43.3 Å². The number of hydrogen-bond acceptors (Lipinski definition) is 4. The molecule has 4 rings (SSSR count). The molecule has 1 saturated heterocycles. The molecule has 0 aliphatic carbocycles. The third kappa shape index (κ3) is 6.38. The SMILES string of the molecule is COc1cccc(C(CN2CCN(C(=O)c3cccc(C)c3)CC2)OCc2cccc(Cl)c2)c1. The van der Waals surface area contributed by atoms with Crippen LogP contribution in [0.3, 0.4) is 0 Å². The lowest BCUT2D eigenvalue weighted by Crippen LogP contribution is -2.49. The summed E-state index contributed by atoms with van der Waals surface area (Å²) in [4.78, 5) is 17.2. The minimum absolute atomic E-state index is 0.102. The number of ether oxygens (including phenoxy) is 2. The number of piperazine rings is 1. The summed E-state index contributed by atoms with van der Waals surface area (Å²) in [6, 6.07) is 23.6. The number of amides is 1. The third-order valence-corrected chi connectivity index (χ3v) is 6.39. The molecular weight excluding hydrogens is 448 g/mol. The lowest BCUT2D eigenvalue weighted by Gasteiger charge is -2.36. The highest BCUT2D eigenvalue weighted by molar-refractivity contribution is 6.30. The van der Waals surface area contributed by atoms with Crippen molar-refractivity contribution in [1.29, 1.82) is 0 Å². The monoisotopic (exact) mass is 478 g/mol. The van der Waals surface area contributed by atoms with Crippen LogP contribution in [0.4, 0.5) is 0 Å². The second kappa shape index (κ2) is 11.5. The fourth-order valence-corrected chi connectivity index (χ4v) is 4.46. The summed E-state index contributed by atoms with van der Waals surface area (Å²) < 4.78 is 11.8. The van der Waals surface area contributed by atoms with Gasteiger partial charge in [0.2, 0.25) is 0 Å². The lowest BCUT2D eigenvalue weighted by atomic mass is 10.1. The molecule has 0 saturated carbocycles. The maximum atomic E-state index is 12.9. The van der Waals surface area contributed by atoms with E-state index in [1.807, 2.05) is 78.6 Å². The maximum Gasteiger partial charge on any atom is 0.253 e. The van der Waals surface area contributed by atoms with E-state index in [4.69, 9.17) is 21.1 Å². The number of methoxy groups -OCH3 is 1. The Balaban J connectivity index is 1.41. The molecule has 3 aromatic carbocycles. The molecule has 3 aromatic rings. The summed E-state index contributed by atoms with van der Waals surface area (Å²) in [6.45, 7) is 6.22. The molecule has 1 aliphatic rings. The fraction of sp³-hybridized carbons (Fsp3) is 0.321. The van der Waals surface area contributed by atoms with Crippen molar-refractivity contribution in [1.82, 2.24) is 9.80 Å². The largest absolute Gasteiger partial charge is 0.497 e. The fourth-order valence-electron chi connectivity index (χ4n) is 4.25. The first-order chi connectivity index (χ1) is 16.5. The number of halogens is 1. The van der Waals surface area contributed by atoms with Crippen molar-refractivity contribution in [3.8, 4) is 5.75 Å². The number of nitrogens with zero attached hydrogens (tertiary/aromatic N) is 2. The number of rotatable bonds is 8. The summed E-state index contributed by atoms with van der Waals surface area (Å²) in [5, 5.41) is 0.702. The van der Waals surface area contributed by atoms with Gasteiger partial charge in [-0.3, -0.25) is 9.69 Å². The van der Waals surface area contributed by atoms with E-state index in [-0.39, 0.29) is 12.0 Å². The molecule has 0 spiro atoms. The summed E-state index contributed by atoms with van der Waals surface area (Å²) in [6.07, 6.45) is -0.131. The molecule has 0 N–H and O–H groups in total. The molecule has 1 atom stereocenters. The number of carbonyl (C=O) groups is 1. The van der Waals surface area contributed by atoms with Crippen molar-refractivity contribution in [2.75, 3.05) is 39.8 Å². The Kier molecular flexibility index (Phi) is 8.22. The van der Waals surface area contributed by atoms with Gasteiger partial charge < -0.3 is 14.4 Å². The standard InChI is InChI=1S/C28H31ClN2O3/c1-21-6-3-9-24(16-21)28(32)31-14-12-30(13-15-31)19-27(23-8-5-11-26(18-23)33-2)34-20-22-7-4-10-25(29)17-22/h3-11,16-18,27H,12-15,19-20H2,1-2H3. The molecule has 1 fully saturated rings. The second-order valence-electron chi connectivity index (χ2n) is 8.67. The average molecular weight is 479 g/mol. The van der Waals surface area contributed by atoms with Gasteiger partial charge in [0.1, 0.15) is 5.75 Å². The van der Waals surface area contributed by atoms with Gasteiger partial charge in [-0.2, -0.15) is 0 Å². The first-order valence-corrected chi connectivity index (χ1v) is 12.0. The molecule has 1 unspecified atom stereocenters. The molecule has 0 bridgehead atoms. The van der Waals surface area contributed by atoms with Crippen molar-refractivity contribution < 1.29 is 14.3 Å². The van der Waals surface area contributed by atoms with Gasteiger partial charge in [0.15, 0.2) is 0 Å². The topological polar surface area (TPSA) is 42.0 Å². The molecule has 34 heavy (non-hydrogen) atoms. The zero-order valence-corrected chi connectivity index (χ0v) is 20.5. The average Bonchev–Trinajstić information content (AvgIpc) is 2.86. The molecule has 1 aliphatic heterocycles. The molecule has 1 heterocycles. The van der Waals surface area contributed by atoms with Crippen LogP contribution in [0, 0.1) is 6.92 Å². The number of benzene rings is 3. The van der Waals surface area contributed by atoms with E-state index in [1.165, 1.54) is 0 Å². The number of hydrogen-bond donors (Lipinski definition) is 0. The van der Waals surface area contributed by atoms with Crippen LogP contribution in [0.5, 0.6) is 5.75 Å². The van der Waals surface area contributed by atoms with Crippen LogP contribution in [0.25, 0.3) is 0 Å². The first kappa shape index (κ1) is 24.3. The molecule has 0 aromatic heterocycles. The summed E-state index contributed by atoms with van der Waals surface area (Å²) in [5.74, 6) is 0.910. The van der Waals surface area contributed by atoms with Crippen LogP contribution in [-0.4, -0.2) is 55.5 Å². The minimum atomic E-state index is -0.131. The van der Waals surface area contributed by atoms with Gasteiger partial charge in [-0.15, -0.1) is 0 Å². The van der Waals surface area contributed by atoms with E-state index in [0.717, 1.165) is 47.6 Å². The maximum absolute atomic E-state index is 12.9. The molecule has 178 valence electrons. The third-order valence-electron chi connectivity index (χ3n) is 6.15. The second-order valence-corrected chi connectivity index (χ2v) is 9.10. The Morgan fingerprint density at radius 3 is 2.47 bits per heavy atom. The quantitative estimate of drug-likeness (QED) is 0.436. The Morgan fingerprint density at radius 1 is 0.971 bits per heavy atom. The molecule has 0 radical (unpaired) electrons. The zero-order chi connectivity index (χ0) is 23.9. The van der Waals surface area contributed by atoms with Crippen molar-refractivity contribution in [2.45, 2.75) is 19.6 Å². The predicted molar refractivity (Wildman–Crippen MR) is 135 cm³/mol. The van der Waals surface area contributed by atoms with Crippen LogP contribution >= 0.6 is 11.6 Å². The van der Waals surface area contributed by atoms with Gasteiger partial charge in [-0.1, -0.05) is 53.6 Å². The van der Waals surface area contributed by atoms with E-state index in [9.17, 15) is 4.79 Å². The van der Waals surface area contributed by atoms with Crippen LogP contribution in [0.1, 0.15) is 33.2 Å². The Bertz CT molecular complexity index is 1110. The van der Waals surface area contributed by atoms with Crippen LogP contribution < -0.4 is 4.74 Å². The smallest absolute Gasteiger partial charge is 0.253 e. The van der Waals surface area contributed by atoms with E-state index >= 15 is 0 Å². The zero-order valence-electron chi connectivity index (χ0n) is 19.7. The number of carbonyl (C=O) groups excluding carboxylic acids is 1. The Morgan fingerprint density at radius 2 is 1.74 bits per heavy atom. The van der Waals surface area contributed by atoms with E-state index in [2.05, 4.69) is 11.0 Å². The molecule has 1 amide bonds. The summed E-state index contributed by atoms with van der Waals surface area (Å²) >= 11 is 6.15. The highest BCUT2D eigenvalue weighted by Gasteiger charge is 2.25. The van der Waals surface area contributed by atoms with Gasteiger partial charge in [0.05, 0.1) is 19.8 Å². The highest BCUT2D eigenvalue weighted by atomic mass is 35.5. The Hall–Kier alpha value is -2.86. The summed E-state index contributed by atoms with van der Waals surface area (Å²) in [7, 11) is 1.67. The normalized spacial score (nSPS) is 15.2. The molecule has 6 heteroatoms. The van der Waals surface area contributed by atoms with Gasteiger partial charge in [0.25, 0.3) is 5.91 Å². The van der Waals surface area contributed by atoms with Crippen LogP contribution in [-0.2, 0) is 11.3 Å². The number of aryl methyl sites for hydroxylation is 1. The van der Waals surface area contributed by atoms with Crippen LogP contribution in [0.2, 0.25) is 5.02 Å². The van der Waals surface area contributed by atoms with E-state index in [0.29, 0.717) is 24.7 Å². The van der Waals surface area contributed by atoms with Crippen molar-refractivity contribution in [2.24, 2.45) is 0 Å². The Labute approximate surface area is 206 Å².